The van der Waals surface area contributed by atoms with Crippen LogP contribution in [0.3, 0.4) is 0 Å². The second-order valence-electron chi connectivity index (χ2n) is 7.41. The Morgan fingerprint density at radius 3 is 2.39 bits per heavy atom. The summed E-state index contributed by atoms with van der Waals surface area (Å²) in [6.45, 7) is 2.16. The van der Waals surface area contributed by atoms with Gasteiger partial charge in [-0.25, -0.2) is 4.39 Å². The molecule has 4 rings (SSSR count). The fourth-order valence-corrected chi connectivity index (χ4v) is 4.01. The number of para-hydroxylation sites is 3. The molecule has 2 saturated heterocycles. The third-order valence-corrected chi connectivity index (χ3v) is 5.50. The number of anilines is 3. The Morgan fingerprint density at radius 2 is 1.64 bits per heavy atom. The van der Waals surface area contributed by atoms with Gasteiger partial charge in [0.1, 0.15) is 5.82 Å². The molecule has 2 aliphatic heterocycles. The molecular weight excluding hydrogens is 357 g/mol. The maximum absolute atomic E-state index is 14.0. The van der Waals surface area contributed by atoms with Gasteiger partial charge in [-0.05, 0) is 43.5 Å². The molecule has 0 aliphatic carbocycles. The number of benzene rings is 2. The lowest BCUT2D eigenvalue weighted by atomic mass is 10.1. The first-order chi connectivity index (χ1) is 13.6. The number of amides is 2. The summed E-state index contributed by atoms with van der Waals surface area (Å²) in [7, 11) is 0. The van der Waals surface area contributed by atoms with Crippen molar-refractivity contribution in [3.63, 3.8) is 0 Å². The van der Waals surface area contributed by atoms with Crippen LogP contribution in [0.25, 0.3) is 0 Å². The summed E-state index contributed by atoms with van der Waals surface area (Å²) < 4.78 is 14.0. The maximum atomic E-state index is 14.0. The third-order valence-electron chi connectivity index (χ3n) is 5.50. The molecule has 0 unspecified atom stereocenters. The van der Waals surface area contributed by atoms with E-state index in [9.17, 15) is 14.0 Å². The van der Waals surface area contributed by atoms with Crippen LogP contribution < -0.4 is 15.1 Å². The van der Waals surface area contributed by atoms with Crippen LogP contribution >= 0.6 is 0 Å². The second-order valence-corrected chi connectivity index (χ2v) is 7.41. The molecule has 0 radical (unpaired) electrons. The van der Waals surface area contributed by atoms with Crippen molar-refractivity contribution in [3.8, 4) is 0 Å². The third kappa shape index (κ3) is 3.72. The fourth-order valence-electron chi connectivity index (χ4n) is 4.01. The summed E-state index contributed by atoms with van der Waals surface area (Å²) in [5.74, 6) is -1.37. The number of rotatable bonds is 4. The summed E-state index contributed by atoms with van der Waals surface area (Å²) in [6, 6.07) is 14.0. The second kappa shape index (κ2) is 8.00. The SMILES string of the molecule is O=C(Nc1ccccc1N1CCCCC1)[C@H]1CC(=O)N(c2ccccc2F)C1. The highest BCUT2D eigenvalue weighted by Gasteiger charge is 2.36. The van der Waals surface area contributed by atoms with Crippen LogP contribution in [0.15, 0.2) is 48.5 Å². The number of carbonyl (C=O) groups excluding carboxylic acids is 2. The summed E-state index contributed by atoms with van der Waals surface area (Å²) in [6.07, 6.45) is 3.63. The number of nitrogens with one attached hydrogen (secondary N) is 1. The minimum absolute atomic E-state index is 0.0893. The molecule has 0 bridgehead atoms. The van der Waals surface area contributed by atoms with Gasteiger partial charge in [0.2, 0.25) is 11.8 Å². The zero-order valence-corrected chi connectivity index (χ0v) is 15.7. The van der Waals surface area contributed by atoms with Gasteiger partial charge in [-0.1, -0.05) is 24.3 Å². The van der Waals surface area contributed by atoms with E-state index in [2.05, 4.69) is 10.2 Å². The van der Waals surface area contributed by atoms with E-state index in [1.165, 1.54) is 17.4 Å². The molecule has 2 fully saturated rings. The van der Waals surface area contributed by atoms with E-state index in [4.69, 9.17) is 0 Å². The number of hydrogen-bond acceptors (Lipinski definition) is 3. The van der Waals surface area contributed by atoms with E-state index in [0.717, 1.165) is 37.3 Å². The first kappa shape index (κ1) is 18.5. The molecule has 0 saturated carbocycles. The molecule has 2 heterocycles. The van der Waals surface area contributed by atoms with Crippen LogP contribution in [-0.2, 0) is 9.59 Å². The van der Waals surface area contributed by atoms with Gasteiger partial charge < -0.3 is 15.1 Å². The van der Waals surface area contributed by atoms with Crippen molar-refractivity contribution >= 4 is 28.9 Å². The first-order valence-electron chi connectivity index (χ1n) is 9.83. The molecule has 1 N–H and O–H groups in total. The average molecular weight is 381 g/mol. The van der Waals surface area contributed by atoms with Gasteiger partial charge in [-0.2, -0.15) is 0 Å². The first-order valence-corrected chi connectivity index (χ1v) is 9.83. The Bertz CT molecular complexity index is 880. The molecule has 6 heteroatoms. The number of nitrogens with zero attached hydrogens (tertiary/aromatic N) is 2. The van der Waals surface area contributed by atoms with Crippen LogP contribution in [-0.4, -0.2) is 31.4 Å². The van der Waals surface area contributed by atoms with Gasteiger partial charge in [0, 0.05) is 26.1 Å². The molecule has 1 atom stereocenters. The number of carbonyl (C=O) groups is 2. The number of halogens is 1. The van der Waals surface area contributed by atoms with Gasteiger partial charge in [-0.15, -0.1) is 0 Å². The van der Waals surface area contributed by atoms with Crippen molar-refractivity contribution in [2.24, 2.45) is 5.92 Å². The average Bonchev–Trinajstić information content (AvgIpc) is 3.11. The van der Waals surface area contributed by atoms with Crippen LogP contribution in [0, 0.1) is 11.7 Å². The molecule has 2 aromatic rings. The van der Waals surface area contributed by atoms with Crippen molar-refractivity contribution < 1.29 is 14.0 Å². The summed E-state index contributed by atoms with van der Waals surface area (Å²) >= 11 is 0. The van der Waals surface area contributed by atoms with Crippen molar-refractivity contribution in [1.82, 2.24) is 0 Å². The quantitative estimate of drug-likeness (QED) is 0.876. The smallest absolute Gasteiger partial charge is 0.229 e. The highest BCUT2D eigenvalue weighted by Crippen LogP contribution is 2.31. The van der Waals surface area contributed by atoms with E-state index >= 15 is 0 Å². The zero-order valence-electron chi connectivity index (χ0n) is 15.7. The highest BCUT2D eigenvalue weighted by atomic mass is 19.1. The van der Waals surface area contributed by atoms with Crippen LogP contribution in [0.1, 0.15) is 25.7 Å². The molecule has 146 valence electrons. The van der Waals surface area contributed by atoms with E-state index < -0.39 is 11.7 Å². The van der Waals surface area contributed by atoms with Crippen molar-refractivity contribution in [2.45, 2.75) is 25.7 Å². The minimum atomic E-state index is -0.499. The van der Waals surface area contributed by atoms with E-state index in [-0.39, 0.29) is 30.5 Å². The monoisotopic (exact) mass is 381 g/mol. The molecular formula is C22H24FN3O2. The van der Waals surface area contributed by atoms with Gasteiger partial charge in [0.05, 0.1) is 23.0 Å². The highest BCUT2D eigenvalue weighted by molar-refractivity contribution is 6.04. The zero-order chi connectivity index (χ0) is 19.5. The molecule has 5 nitrogen and oxygen atoms in total. The van der Waals surface area contributed by atoms with Crippen molar-refractivity contribution in [3.05, 3.63) is 54.3 Å². The van der Waals surface area contributed by atoms with Crippen LogP contribution in [0.5, 0.6) is 0 Å². The molecule has 0 spiro atoms. The van der Waals surface area contributed by atoms with Crippen molar-refractivity contribution in [2.75, 3.05) is 34.8 Å². The predicted molar refractivity (Wildman–Crippen MR) is 108 cm³/mol. The predicted octanol–water partition coefficient (Wildman–Crippen LogP) is 3.81. The summed E-state index contributed by atoms with van der Waals surface area (Å²) in [5.41, 5.74) is 2.02. The standard InChI is InChI=1S/C22H24FN3O2/c23-17-8-2-4-10-19(17)26-15-16(14-21(26)27)22(28)24-18-9-3-5-11-20(18)25-12-6-1-7-13-25/h2-5,8-11,16H,1,6-7,12-15H2,(H,24,28)/t16-/m0/s1. The van der Waals surface area contributed by atoms with Gasteiger partial charge in [0.15, 0.2) is 0 Å². The Kier molecular flexibility index (Phi) is 5.28. The fraction of sp³-hybridized carbons (Fsp3) is 0.364. The lowest BCUT2D eigenvalue weighted by Gasteiger charge is -2.30. The maximum Gasteiger partial charge on any atom is 0.229 e. The Hall–Kier alpha value is -2.89. The van der Waals surface area contributed by atoms with Gasteiger partial charge in [-0.3, -0.25) is 9.59 Å². The Morgan fingerprint density at radius 1 is 0.964 bits per heavy atom. The van der Waals surface area contributed by atoms with Gasteiger partial charge >= 0.3 is 0 Å². The lowest BCUT2D eigenvalue weighted by Crippen LogP contribution is -2.32. The summed E-state index contributed by atoms with van der Waals surface area (Å²) in [5, 5.41) is 3.00. The normalized spacial score (nSPS) is 19.8. The Balaban J connectivity index is 1.48. The number of piperidine rings is 1. The van der Waals surface area contributed by atoms with E-state index in [1.807, 2.05) is 24.3 Å². The topological polar surface area (TPSA) is 52.7 Å². The molecule has 2 aromatic carbocycles. The molecule has 28 heavy (non-hydrogen) atoms. The lowest BCUT2D eigenvalue weighted by molar-refractivity contribution is -0.122. The molecule has 0 aromatic heterocycles. The molecule has 2 amide bonds. The Labute approximate surface area is 164 Å². The largest absolute Gasteiger partial charge is 0.370 e. The van der Waals surface area contributed by atoms with Crippen molar-refractivity contribution in [1.29, 1.82) is 0 Å². The van der Waals surface area contributed by atoms with E-state index in [0.29, 0.717) is 0 Å². The molecule has 2 aliphatic rings. The van der Waals surface area contributed by atoms with E-state index in [1.54, 1.807) is 18.2 Å². The summed E-state index contributed by atoms with van der Waals surface area (Å²) in [4.78, 5) is 28.9. The van der Waals surface area contributed by atoms with Crippen LogP contribution in [0.4, 0.5) is 21.5 Å². The number of hydrogen-bond donors (Lipinski definition) is 1. The van der Waals surface area contributed by atoms with Crippen LogP contribution in [0.2, 0.25) is 0 Å². The minimum Gasteiger partial charge on any atom is -0.370 e. The van der Waals surface area contributed by atoms with Gasteiger partial charge in [0.25, 0.3) is 0 Å².